The molecule has 0 aliphatic heterocycles. The summed E-state index contributed by atoms with van der Waals surface area (Å²) in [5.41, 5.74) is 6.16. The van der Waals surface area contributed by atoms with Crippen LogP contribution in [0.1, 0.15) is 56.9 Å². The van der Waals surface area contributed by atoms with Crippen molar-refractivity contribution in [2.75, 3.05) is 0 Å². The van der Waals surface area contributed by atoms with Gasteiger partial charge in [-0.25, -0.2) is 0 Å². The van der Waals surface area contributed by atoms with E-state index in [-0.39, 0.29) is 23.3 Å². The Morgan fingerprint density at radius 3 is 2.19 bits per heavy atom. The van der Waals surface area contributed by atoms with Crippen molar-refractivity contribution in [3.8, 4) is 0 Å². The zero-order chi connectivity index (χ0) is 18.8. The van der Waals surface area contributed by atoms with Crippen LogP contribution in [-0.2, 0) is 15.0 Å². The van der Waals surface area contributed by atoms with Gasteiger partial charge in [0.1, 0.15) is 0 Å². The van der Waals surface area contributed by atoms with Crippen molar-refractivity contribution in [2.45, 2.75) is 62.8 Å². The third-order valence-corrected chi connectivity index (χ3v) is 8.38. The maximum absolute atomic E-state index is 13.4. The summed E-state index contributed by atoms with van der Waals surface area (Å²) in [4.78, 5) is 25.5. The van der Waals surface area contributed by atoms with Crippen molar-refractivity contribution in [1.29, 1.82) is 0 Å². The molecule has 0 spiro atoms. The Hall–Kier alpha value is -1.55. The third kappa shape index (κ3) is 2.55. The van der Waals surface area contributed by atoms with Crippen LogP contribution in [0.4, 0.5) is 0 Å². The lowest BCUT2D eigenvalue weighted by atomic mass is 9.47. The number of primary amides is 1. The molecule has 27 heavy (non-hydrogen) atoms. The molecule has 4 bridgehead atoms. The van der Waals surface area contributed by atoms with E-state index in [0.717, 1.165) is 56.9 Å². The molecule has 5 heteroatoms. The van der Waals surface area contributed by atoms with Gasteiger partial charge in [0.05, 0.1) is 5.41 Å². The molecule has 0 aromatic heterocycles. The lowest BCUT2D eigenvalue weighted by Gasteiger charge is -2.59. The molecule has 4 nitrogen and oxygen atoms in total. The average molecular weight is 387 g/mol. The van der Waals surface area contributed by atoms with E-state index in [4.69, 9.17) is 17.3 Å². The standard InChI is InChI=1S/C22H27ClN2O2/c23-17-4-2-16(3-5-17)22(6-1-7-22)20(27)25-18-14-8-13-9-15(18)12-21(10-13,11-14)19(24)26/h2-5,13-15,18H,1,6-12H2,(H2,24,26)(H,25,27)/t13?,14-,15+,18?,21?. The molecule has 5 aliphatic rings. The number of amides is 2. The van der Waals surface area contributed by atoms with Gasteiger partial charge in [-0.1, -0.05) is 30.2 Å². The lowest BCUT2D eigenvalue weighted by molar-refractivity contribution is -0.149. The molecular weight excluding hydrogens is 360 g/mol. The number of rotatable bonds is 4. The molecule has 6 rings (SSSR count). The van der Waals surface area contributed by atoms with Gasteiger partial charge in [-0.05, 0) is 80.4 Å². The summed E-state index contributed by atoms with van der Waals surface area (Å²) in [7, 11) is 0. The maximum atomic E-state index is 13.4. The Labute approximate surface area is 165 Å². The van der Waals surface area contributed by atoms with Crippen LogP contribution in [0.2, 0.25) is 5.02 Å². The quantitative estimate of drug-likeness (QED) is 0.830. The van der Waals surface area contributed by atoms with Crippen LogP contribution < -0.4 is 11.1 Å². The topological polar surface area (TPSA) is 72.2 Å². The molecule has 0 radical (unpaired) electrons. The average Bonchev–Trinajstić information content (AvgIpc) is 2.58. The summed E-state index contributed by atoms with van der Waals surface area (Å²) in [5.74, 6) is 1.45. The minimum atomic E-state index is -0.402. The summed E-state index contributed by atoms with van der Waals surface area (Å²) in [6.45, 7) is 0. The molecule has 1 aromatic carbocycles. The Morgan fingerprint density at radius 1 is 1.04 bits per heavy atom. The molecule has 1 aromatic rings. The SMILES string of the molecule is NC(=O)C12CC3C[C@H](C1)C(NC(=O)C1(c4ccc(Cl)cc4)CCC1)[C@@H](C3)C2. The number of halogens is 1. The minimum absolute atomic E-state index is 0.122. The summed E-state index contributed by atoms with van der Waals surface area (Å²) >= 11 is 6.04. The fourth-order valence-corrected chi connectivity index (χ4v) is 6.92. The van der Waals surface area contributed by atoms with Crippen LogP contribution in [0.5, 0.6) is 0 Å². The van der Waals surface area contributed by atoms with Crippen LogP contribution in [0.15, 0.2) is 24.3 Å². The van der Waals surface area contributed by atoms with E-state index in [9.17, 15) is 9.59 Å². The first-order valence-corrected chi connectivity index (χ1v) is 10.7. The van der Waals surface area contributed by atoms with E-state index >= 15 is 0 Å². The molecule has 0 saturated heterocycles. The predicted molar refractivity (Wildman–Crippen MR) is 104 cm³/mol. The minimum Gasteiger partial charge on any atom is -0.369 e. The van der Waals surface area contributed by atoms with E-state index in [1.54, 1.807) is 0 Å². The zero-order valence-electron chi connectivity index (χ0n) is 15.5. The molecule has 3 N–H and O–H groups in total. The monoisotopic (exact) mass is 386 g/mol. The Bertz CT molecular complexity index is 770. The van der Waals surface area contributed by atoms with Crippen molar-refractivity contribution >= 4 is 23.4 Å². The normalized spacial score (nSPS) is 38.3. The second-order valence-corrected chi connectivity index (χ2v) is 9.99. The van der Waals surface area contributed by atoms with Crippen LogP contribution in [0.3, 0.4) is 0 Å². The van der Waals surface area contributed by atoms with Gasteiger partial charge in [-0.15, -0.1) is 0 Å². The van der Waals surface area contributed by atoms with E-state index in [0.29, 0.717) is 22.8 Å². The highest BCUT2D eigenvalue weighted by molar-refractivity contribution is 6.30. The number of carbonyl (C=O) groups excluding carboxylic acids is 2. The third-order valence-electron chi connectivity index (χ3n) is 8.13. The lowest BCUT2D eigenvalue weighted by Crippen LogP contribution is -2.64. The Morgan fingerprint density at radius 2 is 1.67 bits per heavy atom. The van der Waals surface area contributed by atoms with Gasteiger partial charge in [0.25, 0.3) is 0 Å². The number of hydrogen-bond donors (Lipinski definition) is 2. The van der Waals surface area contributed by atoms with Crippen molar-refractivity contribution in [2.24, 2.45) is 28.9 Å². The van der Waals surface area contributed by atoms with Crippen molar-refractivity contribution < 1.29 is 9.59 Å². The van der Waals surface area contributed by atoms with Gasteiger partial charge >= 0.3 is 0 Å². The van der Waals surface area contributed by atoms with E-state index in [1.807, 2.05) is 24.3 Å². The highest BCUT2D eigenvalue weighted by Crippen LogP contribution is 2.60. The second kappa shape index (κ2) is 5.97. The molecule has 5 aliphatic carbocycles. The first-order valence-electron chi connectivity index (χ1n) is 10.3. The maximum Gasteiger partial charge on any atom is 0.230 e. The molecule has 0 heterocycles. The van der Waals surface area contributed by atoms with Crippen LogP contribution >= 0.6 is 11.6 Å². The summed E-state index contributed by atoms with van der Waals surface area (Å²) < 4.78 is 0. The number of carbonyl (C=O) groups is 2. The summed E-state index contributed by atoms with van der Waals surface area (Å²) in [5, 5.41) is 4.15. The largest absolute Gasteiger partial charge is 0.369 e. The molecule has 2 amide bonds. The summed E-state index contributed by atoms with van der Waals surface area (Å²) in [6, 6.07) is 7.96. The van der Waals surface area contributed by atoms with Gasteiger partial charge in [0, 0.05) is 16.5 Å². The van der Waals surface area contributed by atoms with Crippen LogP contribution in [0, 0.1) is 23.2 Å². The highest BCUT2D eigenvalue weighted by atomic mass is 35.5. The molecule has 5 saturated carbocycles. The number of hydrogen-bond acceptors (Lipinski definition) is 2. The molecule has 5 fully saturated rings. The van der Waals surface area contributed by atoms with E-state index < -0.39 is 5.41 Å². The smallest absolute Gasteiger partial charge is 0.230 e. The molecule has 144 valence electrons. The molecule has 5 atom stereocenters. The van der Waals surface area contributed by atoms with E-state index in [1.165, 1.54) is 0 Å². The van der Waals surface area contributed by atoms with Gasteiger partial charge in [-0.3, -0.25) is 9.59 Å². The fraction of sp³-hybridized carbons (Fsp3) is 0.636. The van der Waals surface area contributed by atoms with Gasteiger partial charge in [0.2, 0.25) is 11.8 Å². The fourth-order valence-electron chi connectivity index (χ4n) is 6.80. The predicted octanol–water partition coefficient (Wildman–Crippen LogP) is 3.56. The van der Waals surface area contributed by atoms with Crippen molar-refractivity contribution in [3.05, 3.63) is 34.9 Å². The van der Waals surface area contributed by atoms with Gasteiger partial charge in [-0.2, -0.15) is 0 Å². The molecule has 3 unspecified atom stereocenters. The Balaban J connectivity index is 1.37. The highest BCUT2D eigenvalue weighted by Gasteiger charge is 2.59. The Kier molecular flexibility index (Phi) is 3.88. The van der Waals surface area contributed by atoms with Crippen LogP contribution in [-0.4, -0.2) is 17.9 Å². The van der Waals surface area contributed by atoms with Crippen molar-refractivity contribution in [3.63, 3.8) is 0 Å². The van der Waals surface area contributed by atoms with Gasteiger partial charge in [0.15, 0.2) is 0 Å². The number of nitrogens with one attached hydrogen (secondary N) is 1. The van der Waals surface area contributed by atoms with Crippen molar-refractivity contribution in [1.82, 2.24) is 5.32 Å². The summed E-state index contributed by atoms with van der Waals surface area (Å²) in [6.07, 6.45) is 7.81. The molecular formula is C22H27ClN2O2. The number of nitrogens with two attached hydrogens (primary N) is 1. The zero-order valence-corrected chi connectivity index (χ0v) is 16.3. The first kappa shape index (κ1) is 17.5. The van der Waals surface area contributed by atoms with Gasteiger partial charge < -0.3 is 11.1 Å². The van der Waals surface area contributed by atoms with Crippen LogP contribution in [0.25, 0.3) is 0 Å². The number of benzene rings is 1. The second-order valence-electron chi connectivity index (χ2n) is 9.56. The van der Waals surface area contributed by atoms with E-state index in [2.05, 4.69) is 5.32 Å². The first-order chi connectivity index (χ1) is 12.9.